The van der Waals surface area contributed by atoms with Gasteiger partial charge in [0.1, 0.15) is 29.7 Å². The average Bonchev–Trinajstić information content (AvgIpc) is 3.61. The Morgan fingerprint density at radius 2 is 1.50 bits per heavy atom. The van der Waals surface area contributed by atoms with E-state index >= 15 is 0 Å². The fourth-order valence-corrected chi connectivity index (χ4v) is 10.2. The molecule has 0 aromatic heterocycles. The summed E-state index contributed by atoms with van der Waals surface area (Å²) in [6.07, 6.45) is 17.6. The number of rotatable bonds is 31. The fourth-order valence-electron chi connectivity index (χ4n) is 9.66. The van der Waals surface area contributed by atoms with Crippen molar-refractivity contribution in [3.63, 3.8) is 0 Å². The first-order valence-electron chi connectivity index (χ1n) is 27.0. The summed E-state index contributed by atoms with van der Waals surface area (Å²) in [6.45, 7) is 22.7. The number of methoxy groups -OCH3 is 1. The predicted molar refractivity (Wildman–Crippen MR) is 292 cm³/mol. The van der Waals surface area contributed by atoms with Crippen LogP contribution in [-0.2, 0) is 28.5 Å². The maximum absolute atomic E-state index is 13.1. The standard InChI is InChI=1S/C59H97BrO12/c1-12-13-14-15-16-17-18-19-20-21-22-23-24-28-56(67)70-47(35-44(6)51(39-60)69-11)36-49(62)45(7)50(63)38-53(65)58(8,9)52(64)32-43(5)33-54(66)59(10)55-37-48(72-59)31-42(4)29-41(3)30-46(61)27-25-26-40(2)34-57(68)71-55/h25-26,29,33-34,39,45-50,52-55,61-66H,3,6,12-24,27-28,30-32,35-38H2,1-2,4-5,7-11H3/b26-25+,40-34+,42-29-,43-33+,51-39-/t45-,46?,47+,48+,49+,50-,52-,53+,54+,55-,59-/m1/s1. The van der Waals surface area contributed by atoms with Crippen molar-refractivity contribution in [3.05, 3.63) is 82.1 Å². The van der Waals surface area contributed by atoms with Gasteiger partial charge < -0.3 is 49.6 Å². The smallest absolute Gasteiger partial charge is 0.331 e. The van der Waals surface area contributed by atoms with Crippen molar-refractivity contribution in [2.75, 3.05) is 7.11 Å². The van der Waals surface area contributed by atoms with Gasteiger partial charge in [0.05, 0.1) is 43.7 Å². The van der Waals surface area contributed by atoms with Crippen LogP contribution in [0.4, 0.5) is 0 Å². The van der Waals surface area contributed by atoms with Crippen LogP contribution in [0.1, 0.15) is 197 Å². The number of halogens is 1. The highest BCUT2D eigenvalue weighted by molar-refractivity contribution is 9.11. The van der Waals surface area contributed by atoms with E-state index < -0.39 is 77.8 Å². The third-order valence-corrected chi connectivity index (χ3v) is 15.2. The Kier molecular flexibility index (Phi) is 30.7. The van der Waals surface area contributed by atoms with Crippen molar-refractivity contribution < 1.29 is 59.2 Å². The number of ether oxygens (including phenoxy) is 4. The van der Waals surface area contributed by atoms with Gasteiger partial charge in [-0.1, -0.05) is 175 Å². The number of allylic oxidation sites excluding steroid dienone is 4. The molecule has 72 heavy (non-hydrogen) atoms. The molecule has 0 aromatic carbocycles. The normalized spacial score (nSPS) is 25.7. The van der Waals surface area contributed by atoms with Crippen LogP contribution in [0, 0.1) is 11.3 Å². The molecule has 12 nitrogen and oxygen atoms in total. The summed E-state index contributed by atoms with van der Waals surface area (Å²) in [5.74, 6) is -1.21. The highest BCUT2D eigenvalue weighted by Gasteiger charge is 2.51. The largest absolute Gasteiger partial charge is 0.496 e. The predicted octanol–water partition coefficient (Wildman–Crippen LogP) is 11.8. The molecule has 0 radical (unpaired) electrons. The minimum absolute atomic E-state index is 0.0174. The molecule has 2 heterocycles. The van der Waals surface area contributed by atoms with Gasteiger partial charge in [-0.25, -0.2) is 4.79 Å². The monoisotopic (exact) mass is 1080 g/mol. The van der Waals surface area contributed by atoms with E-state index in [2.05, 4.69) is 36.0 Å². The molecule has 0 aromatic rings. The number of carbonyl (C=O) groups excluding carboxylic acids is 2. The average molecular weight is 1080 g/mol. The first-order chi connectivity index (χ1) is 34.0. The number of unbranched alkanes of at least 4 members (excludes halogenated alkanes) is 12. The molecule has 2 rings (SSSR count). The van der Waals surface area contributed by atoms with E-state index in [1.54, 1.807) is 64.8 Å². The molecular weight excluding hydrogens is 981 g/mol. The summed E-state index contributed by atoms with van der Waals surface area (Å²) in [5.41, 5.74) is 1.08. The molecule has 0 aliphatic carbocycles. The minimum Gasteiger partial charge on any atom is -0.496 e. The Bertz CT molecular complexity index is 1820. The Morgan fingerprint density at radius 1 is 0.917 bits per heavy atom. The lowest BCUT2D eigenvalue weighted by molar-refractivity contribution is -0.163. The molecule has 0 saturated carbocycles. The van der Waals surface area contributed by atoms with Gasteiger partial charge in [-0.05, 0) is 70.9 Å². The number of esters is 2. The lowest BCUT2D eigenvalue weighted by Gasteiger charge is -2.38. The maximum atomic E-state index is 13.1. The molecule has 2 aliphatic rings. The Balaban J connectivity index is 2.06. The van der Waals surface area contributed by atoms with Crippen molar-refractivity contribution in [1.82, 2.24) is 0 Å². The molecule has 13 heteroatoms. The number of fused-ring (bicyclic) bond motifs is 2. The summed E-state index contributed by atoms with van der Waals surface area (Å²) < 4.78 is 23.8. The van der Waals surface area contributed by atoms with Crippen molar-refractivity contribution in [2.45, 2.75) is 257 Å². The number of hydrogen-bond donors (Lipinski definition) is 6. The van der Waals surface area contributed by atoms with Gasteiger partial charge in [0.15, 0.2) is 0 Å². The van der Waals surface area contributed by atoms with Crippen molar-refractivity contribution in [3.8, 4) is 0 Å². The van der Waals surface area contributed by atoms with Crippen LogP contribution in [0.5, 0.6) is 0 Å². The Labute approximate surface area is 442 Å². The van der Waals surface area contributed by atoms with E-state index in [-0.39, 0.29) is 38.1 Å². The quantitative estimate of drug-likeness (QED) is 0.0127. The molecule has 0 amide bonds. The van der Waals surface area contributed by atoms with E-state index in [0.717, 1.165) is 30.4 Å². The highest BCUT2D eigenvalue weighted by Crippen LogP contribution is 2.40. The number of aliphatic hydroxyl groups is 6. The summed E-state index contributed by atoms with van der Waals surface area (Å²) >= 11 is 3.29. The molecule has 6 N–H and O–H groups in total. The fraction of sp³-hybridized carbons (Fsp3) is 0.729. The first kappa shape index (κ1) is 65.2. The second-order valence-corrected chi connectivity index (χ2v) is 22.4. The van der Waals surface area contributed by atoms with Crippen LogP contribution in [0.3, 0.4) is 0 Å². The third-order valence-electron chi connectivity index (χ3n) is 14.8. The zero-order chi connectivity index (χ0) is 54.0. The molecule has 11 atom stereocenters. The lowest BCUT2D eigenvalue weighted by Crippen LogP contribution is -2.48. The van der Waals surface area contributed by atoms with Crippen molar-refractivity contribution in [1.29, 1.82) is 0 Å². The van der Waals surface area contributed by atoms with Crippen LogP contribution < -0.4 is 0 Å². The number of aliphatic hydroxyl groups excluding tert-OH is 6. The minimum atomic E-state index is -1.34. The van der Waals surface area contributed by atoms with Gasteiger partial charge in [0.25, 0.3) is 0 Å². The second-order valence-electron chi connectivity index (χ2n) is 21.9. The van der Waals surface area contributed by atoms with Crippen LogP contribution in [0.15, 0.2) is 82.1 Å². The molecule has 2 aliphatic heterocycles. The van der Waals surface area contributed by atoms with E-state index in [9.17, 15) is 40.2 Å². The topological polar surface area (TPSA) is 192 Å². The summed E-state index contributed by atoms with van der Waals surface area (Å²) in [7, 11) is 1.51. The van der Waals surface area contributed by atoms with E-state index in [0.29, 0.717) is 54.6 Å². The Hall–Kier alpha value is -2.88. The molecule has 0 spiro atoms. The first-order valence-corrected chi connectivity index (χ1v) is 27.9. The van der Waals surface area contributed by atoms with Crippen LogP contribution in [0.25, 0.3) is 0 Å². The SMILES string of the molecule is C=C1/C=C(/C)C[C@H]2C[C@@H](OC(=O)/C=C(C)/C=C/CC(O)C1)[C@@](C)([C@@H](O)/C=C(\C)C[C@@H](O)C(C)(C)[C@@H](O)C[C@@H](O)[C@H](C)[C@@H](O)C[C@H](CC(=C)/C(=C/Br)OC)OC(=O)CCCCCCCCCCCCCCC)O2. The molecule has 1 saturated heterocycles. The summed E-state index contributed by atoms with van der Waals surface area (Å²) in [5, 5.41) is 68.3. The summed E-state index contributed by atoms with van der Waals surface area (Å²) in [4.78, 5) is 27.9. The van der Waals surface area contributed by atoms with Gasteiger partial charge in [0, 0.05) is 54.5 Å². The van der Waals surface area contributed by atoms with Crippen molar-refractivity contribution >= 4 is 27.9 Å². The molecular formula is C59H97BrO12. The van der Waals surface area contributed by atoms with Gasteiger partial charge in [-0.3, -0.25) is 4.79 Å². The van der Waals surface area contributed by atoms with E-state index in [1.165, 1.54) is 71.0 Å². The van der Waals surface area contributed by atoms with Gasteiger partial charge in [0.2, 0.25) is 0 Å². The van der Waals surface area contributed by atoms with Gasteiger partial charge in [-0.2, -0.15) is 0 Å². The van der Waals surface area contributed by atoms with Crippen LogP contribution >= 0.6 is 15.9 Å². The van der Waals surface area contributed by atoms with Gasteiger partial charge in [-0.15, -0.1) is 0 Å². The van der Waals surface area contributed by atoms with Crippen LogP contribution in [-0.4, -0.2) is 110 Å². The van der Waals surface area contributed by atoms with E-state index in [4.69, 9.17) is 18.9 Å². The van der Waals surface area contributed by atoms with Crippen LogP contribution in [0.2, 0.25) is 0 Å². The lowest BCUT2D eigenvalue weighted by atomic mass is 9.75. The number of hydrogen-bond acceptors (Lipinski definition) is 12. The third kappa shape index (κ3) is 23.8. The van der Waals surface area contributed by atoms with Gasteiger partial charge >= 0.3 is 11.9 Å². The zero-order valence-corrected chi connectivity index (χ0v) is 47.3. The highest BCUT2D eigenvalue weighted by atomic mass is 79.9. The Morgan fingerprint density at radius 3 is 2.08 bits per heavy atom. The molecule has 412 valence electrons. The van der Waals surface area contributed by atoms with Crippen molar-refractivity contribution in [2.24, 2.45) is 11.3 Å². The maximum Gasteiger partial charge on any atom is 0.331 e. The molecule has 2 bridgehead atoms. The zero-order valence-electron chi connectivity index (χ0n) is 45.7. The summed E-state index contributed by atoms with van der Waals surface area (Å²) in [6, 6.07) is 0. The number of carbonyl (C=O) groups is 2. The molecule has 1 fully saturated rings. The second kappa shape index (κ2) is 33.9. The molecule has 1 unspecified atom stereocenters. The van der Waals surface area contributed by atoms with E-state index in [1.807, 2.05) is 13.0 Å².